The lowest BCUT2D eigenvalue weighted by atomic mass is 10.2. The quantitative estimate of drug-likeness (QED) is 0.661. The van der Waals surface area contributed by atoms with Crippen molar-refractivity contribution < 1.29 is 4.74 Å². The van der Waals surface area contributed by atoms with Crippen LogP contribution in [0.4, 0.5) is 0 Å². The fraction of sp³-hybridized carbons (Fsp3) is 0.278. The van der Waals surface area contributed by atoms with Crippen molar-refractivity contribution in [1.82, 2.24) is 9.55 Å². The van der Waals surface area contributed by atoms with Crippen LogP contribution in [0.3, 0.4) is 0 Å². The number of halogens is 1. The Labute approximate surface area is 138 Å². The second kappa shape index (κ2) is 5.86. The molecule has 0 radical (unpaired) electrons. The first-order chi connectivity index (χ1) is 10.8. The third kappa shape index (κ3) is 2.94. The largest absolute Gasteiger partial charge is 0.376 e. The maximum Gasteiger partial charge on any atom is 0.100 e. The zero-order chi connectivity index (χ0) is 14.9. The number of hydrogen-bond acceptors (Lipinski definition) is 2. The molecule has 0 atom stereocenters. The van der Waals surface area contributed by atoms with Crippen molar-refractivity contribution in [2.24, 2.45) is 5.92 Å². The van der Waals surface area contributed by atoms with Crippen LogP contribution < -0.4 is 0 Å². The number of imidazole rings is 1. The standard InChI is InChI=1S/C18H17BrN2O/c19-15-2-1-3-16(9-15)21-12-20-17-8-14(6-7-18(17)21)11-22-10-13-4-5-13/h1-3,6-9,12-13H,4-5,10-11H2. The van der Waals surface area contributed by atoms with Crippen LogP contribution >= 0.6 is 15.9 Å². The monoisotopic (exact) mass is 356 g/mol. The van der Waals surface area contributed by atoms with Gasteiger partial charge in [-0.1, -0.05) is 28.1 Å². The molecular weight excluding hydrogens is 340 g/mol. The summed E-state index contributed by atoms with van der Waals surface area (Å²) in [6.45, 7) is 1.57. The van der Waals surface area contributed by atoms with E-state index in [1.165, 1.54) is 18.4 Å². The molecule has 4 rings (SSSR count). The van der Waals surface area contributed by atoms with Crippen molar-refractivity contribution in [3.63, 3.8) is 0 Å². The molecule has 1 aliphatic rings. The Morgan fingerprint density at radius 1 is 1.18 bits per heavy atom. The van der Waals surface area contributed by atoms with Gasteiger partial charge >= 0.3 is 0 Å². The Morgan fingerprint density at radius 3 is 2.91 bits per heavy atom. The summed E-state index contributed by atoms with van der Waals surface area (Å²) in [4.78, 5) is 4.53. The smallest absolute Gasteiger partial charge is 0.100 e. The Bertz CT molecular complexity index is 808. The first-order valence-electron chi connectivity index (χ1n) is 7.59. The van der Waals surface area contributed by atoms with Crippen LogP contribution in [0.5, 0.6) is 0 Å². The van der Waals surface area contributed by atoms with E-state index in [4.69, 9.17) is 4.74 Å². The Hall–Kier alpha value is -1.65. The molecule has 3 aromatic rings. The molecule has 0 N–H and O–H groups in total. The third-order valence-electron chi connectivity index (χ3n) is 4.02. The number of rotatable bonds is 5. The molecule has 3 nitrogen and oxygen atoms in total. The van der Waals surface area contributed by atoms with Crippen molar-refractivity contribution in [1.29, 1.82) is 0 Å². The van der Waals surface area contributed by atoms with Gasteiger partial charge in [-0.2, -0.15) is 0 Å². The van der Waals surface area contributed by atoms with E-state index >= 15 is 0 Å². The molecular formula is C18H17BrN2O. The van der Waals surface area contributed by atoms with Crippen molar-refractivity contribution in [2.75, 3.05) is 6.61 Å². The predicted molar refractivity (Wildman–Crippen MR) is 91.2 cm³/mol. The summed E-state index contributed by atoms with van der Waals surface area (Å²) < 4.78 is 8.93. The molecule has 0 unspecified atom stereocenters. The number of aromatic nitrogens is 2. The Balaban J connectivity index is 1.59. The van der Waals surface area contributed by atoms with Crippen LogP contribution in [0.1, 0.15) is 18.4 Å². The van der Waals surface area contributed by atoms with Crippen LogP contribution in [0.15, 0.2) is 53.3 Å². The molecule has 1 aliphatic carbocycles. The number of hydrogen-bond donors (Lipinski definition) is 0. The average molecular weight is 357 g/mol. The summed E-state index contributed by atoms with van der Waals surface area (Å²) >= 11 is 3.52. The summed E-state index contributed by atoms with van der Waals surface area (Å²) in [5.41, 5.74) is 4.42. The van der Waals surface area contributed by atoms with E-state index in [-0.39, 0.29) is 0 Å². The van der Waals surface area contributed by atoms with Gasteiger partial charge in [-0.3, -0.25) is 4.57 Å². The van der Waals surface area contributed by atoms with E-state index in [0.717, 1.165) is 33.7 Å². The summed E-state index contributed by atoms with van der Waals surface area (Å²) in [6, 6.07) is 14.6. The fourth-order valence-corrected chi connectivity index (χ4v) is 2.99. The summed E-state index contributed by atoms with van der Waals surface area (Å²) in [6.07, 6.45) is 4.54. The SMILES string of the molecule is Brc1cccc(-n2cnc3cc(COCC4CC4)ccc32)c1. The van der Waals surface area contributed by atoms with Crippen LogP contribution in [-0.2, 0) is 11.3 Å². The van der Waals surface area contributed by atoms with Gasteiger partial charge in [-0.15, -0.1) is 0 Å². The molecule has 2 aromatic carbocycles. The maximum absolute atomic E-state index is 5.76. The minimum Gasteiger partial charge on any atom is -0.376 e. The lowest BCUT2D eigenvalue weighted by Gasteiger charge is -2.06. The van der Waals surface area contributed by atoms with E-state index in [0.29, 0.717) is 6.61 Å². The molecule has 1 aromatic heterocycles. The number of benzene rings is 2. The van der Waals surface area contributed by atoms with E-state index in [1.807, 2.05) is 18.5 Å². The van der Waals surface area contributed by atoms with E-state index in [9.17, 15) is 0 Å². The van der Waals surface area contributed by atoms with Crippen molar-refractivity contribution in [3.05, 3.63) is 58.8 Å². The number of ether oxygens (including phenoxy) is 1. The second-order valence-corrected chi connectivity index (χ2v) is 6.79. The third-order valence-corrected chi connectivity index (χ3v) is 4.51. The normalized spacial score (nSPS) is 14.6. The predicted octanol–water partition coefficient (Wildman–Crippen LogP) is 4.71. The van der Waals surface area contributed by atoms with Crippen molar-refractivity contribution >= 4 is 27.0 Å². The molecule has 0 saturated heterocycles. The Kier molecular flexibility index (Phi) is 3.72. The highest BCUT2D eigenvalue weighted by molar-refractivity contribution is 9.10. The van der Waals surface area contributed by atoms with Crippen molar-refractivity contribution in [3.8, 4) is 5.69 Å². The first kappa shape index (κ1) is 14.0. The lowest BCUT2D eigenvalue weighted by molar-refractivity contribution is 0.111. The second-order valence-electron chi connectivity index (χ2n) is 5.88. The molecule has 0 aliphatic heterocycles. The van der Waals surface area contributed by atoms with Gasteiger partial charge in [0.2, 0.25) is 0 Å². The van der Waals surface area contributed by atoms with Gasteiger partial charge in [-0.05, 0) is 54.7 Å². The van der Waals surface area contributed by atoms with Gasteiger partial charge in [0, 0.05) is 16.8 Å². The van der Waals surface area contributed by atoms with Crippen LogP contribution in [-0.4, -0.2) is 16.2 Å². The van der Waals surface area contributed by atoms with Crippen molar-refractivity contribution in [2.45, 2.75) is 19.4 Å². The van der Waals surface area contributed by atoms with E-state index in [2.05, 4.69) is 55.8 Å². The minimum atomic E-state index is 0.677. The highest BCUT2D eigenvalue weighted by Gasteiger charge is 2.21. The van der Waals surface area contributed by atoms with E-state index in [1.54, 1.807) is 0 Å². The summed E-state index contributed by atoms with van der Waals surface area (Å²) in [7, 11) is 0. The molecule has 1 fully saturated rings. The molecule has 0 amide bonds. The zero-order valence-electron chi connectivity index (χ0n) is 12.2. The first-order valence-corrected chi connectivity index (χ1v) is 8.38. The van der Waals surface area contributed by atoms with Crippen LogP contribution in [0, 0.1) is 5.92 Å². The molecule has 1 saturated carbocycles. The molecule has 0 spiro atoms. The van der Waals surface area contributed by atoms with Gasteiger partial charge in [-0.25, -0.2) is 4.98 Å². The van der Waals surface area contributed by atoms with Gasteiger partial charge in [0.15, 0.2) is 0 Å². The summed E-state index contributed by atoms with van der Waals surface area (Å²) in [5.74, 6) is 0.805. The average Bonchev–Trinajstić information content (AvgIpc) is 3.25. The highest BCUT2D eigenvalue weighted by atomic mass is 79.9. The minimum absolute atomic E-state index is 0.677. The van der Waals surface area contributed by atoms with Gasteiger partial charge in [0.25, 0.3) is 0 Å². The van der Waals surface area contributed by atoms with Gasteiger partial charge in [0.1, 0.15) is 6.33 Å². The topological polar surface area (TPSA) is 27.1 Å². The molecule has 4 heteroatoms. The van der Waals surface area contributed by atoms with Gasteiger partial charge in [0.05, 0.1) is 17.6 Å². The van der Waals surface area contributed by atoms with Crippen LogP contribution in [0.25, 0.3) is 16.7 Å². The molecule has 22 heavy (non-hydrogen) atoms. The fourth-order valence-electron chi connectivity index (χ4n) is 2.61. The molecule has 1 heterocycles. The summed E-state index contributed by atoms with van der Waals surface area (Å²) in [5, 5.41) is 0. The maximum atomic E-state index is 5.76. The number of nitrogens with zero attached hydrogens (tertiary/aromatic N) is 2. The zero-order valence-corrected chi connectivity index (χ0v) is 13.8. The molecule has 112 valence electrons. The Morgan fingerprint density at radius 2 is 2.09 bits per heavy atom. The van der Waals surface area contributed by atoms with Gasteiger partial charge < -0.3 is 4.74 Å². The lowest BCUT2D eigenvalue weighted by Crippen LogP contribution is -1.97. The van der Waals surface area contributed by atoms with E-state index < -0.39 is 0 Å². The highest BCUT2D eigenvalue weighted by Crippen LogP contribution is 2.29. The number of fused-ring (bicyclic) bond motifs is 1. The molecule has 0 bridgehead atoms. The van der Waals surface area contributed by atoms with Crippen LogP contribution in [0.2, 0.25) is 0 Å².